The molecule has 1 unspecified atom stereocenters. The Labute approximate surface area is 221 Å². The number of carbonyl (C=O) groups is 1. The maximum Gasteiger partial charge on any atom is 0.249 e. The van der Waals surface area contributed by atoms with Gasteiger partial charge in [0, 0.05) is 36.2 Å². The van der Waals surface area contributed by atoms with Gasteiger partial charge in [-0.05, 0) is 43.9 Å². The van der Waals surface area contributed by atoms with Crippen molar-refractivity contribution in [3.8, 4) is 17.6 Å². The number of likely N-dealkylation sites (tertiary alicyclic amines) is 1. The van der Waals surface area contributed by atoms with E-state index in [1.165, 1.54) is 13.2 Å². The molecule has 0 saturated carbocycles. The summed E-state index contributed by atoms with van der Waals surface area (Å²) < 4.78 is 76.1. The van der Waals surface area contributed by atoms with E-state index < -0.39 is 46.3 Å². The minimum absolute atomic E-state index is 0.0271. The number of methoxy groups -OCH3 is 1. The van der Waals surface area contributed by atoms with Crippen molar-refractivity contribution in [2.24, 2.45) is 5.41 Å². The molecule has 6 nitrogen and oxygen atoms in total. The molecule has 1 fully saturated rings. The lowest BCUT2D eigenvalue weighted by atomic mass is 9.73. The lowest BCUT2D eigenvalue weighted by Crippen LogP contribution is -2.48. The molecule has 0 bridgehead atoms. The van der Waals surface area contributed by atoms with E-state index in [0.717, 1.165) is 6.20 Å². The van der Waals surface area contributed by atoms with Crippen LogP contribution in [0.25, 0.3) is 10.9 Å². The van der Waals surface area contributed by atoms with Gasteiger partial charge in [0.25, 0.3) is 0 Å². The first-order chi connectivity index (χ1) is 18.7. The van der Waals surface area contributed by atoms with Crippen molar-refractivity contribution in [2.45, 2.75) is 31.9 Å². The molecule has 1 aliphatic heterocycles. The van der Waals surface area contributed by atoms with Crippen molar-refractivity contribution in [1.29, 1.82) is 0 Å². The maximum atomic E-state index is 15.5. The summed E-state index contributed by atoms with van der Waals surface area (Å²) in [5.41, 5.74) is 0.237. The standard InChI is InChI=1S/C28H26F5N3O3/c1-39-18-4-5-25-20(15-18)26(24(33)16-34-25)21(30)6-7-28(27(37)35-38)8-11-36(12-9-28)10-2-3-19-22(31)13-17(29)14-23(19)32/h4-5,13-16,21,38H,6-12H2,1H3,(H,35,37). The highest BCUT2D eigenvalue weighted by Gasteiger charge is 2.41. The summed E-state index contributed by atoms with van der Waals surface area (Å²) in [4.78, 5) is 18.5. The Morgan fingerprint density at radius 2 is 1.85 bits per heavy atom. The van der Waals surface area contributed by atoms with Gasteiger partial charge >= 0.3 is 0 Å². The SMILES string of the molecule is COc1ccc2ncc(F)c(C(F)CCC3(C(=O)NO)CCN(CC#Cc4c(F)cc(F)cc4F)CC3)c2c1. The number of nitrogens with zero attached hydrogens (tertiary/aromatic N) is 2. The molecule has 206 valence electrons. The molecule has 39 heavy (non-hydrogen) atoms. The van der Waals surface area contributed by atoms with Crippen LogP contribution in [0, 0.1) is 40.5 Å². The van der Waals surface area contributed by atoms with Gasteiger partial charge in [-0.3, -0.25) is 19.9 Å². The fraction of sp³-hybridized carbons (Fsp3) is 0.357. The zero-order chi connectivity index (χ0) is 28.2. The van der Waals surface area contributed by atoms with E-state index in [1.807, 2.05) is 4.90 Å². The van der Waals surface area contributed by atoms with E-state index in [-0.39, 0.29) is 43.2 Å². The second-order valence-electron chi connectivity index (χ2n) is 9.45. The quantitative estimate of drug-likeness (QED) is 0.184. The van der Waals surface area contributed by atoms with Crippen LogP contribution in [0.5, 0.6) is 5.75 Å². The third kappa shape index (κ3) is 6.13. The van der Waals surface area contributed by atoms with E-state index in [2.05, 4.69) is 16.8 Å². The Bertz CT molecular complexity index is 1410. The van der Waals surface area contributed by atoms with Gasteiger partial charge in [-0.25, -0.2) is 27.4 Å². The Hall–Kier alpha value is -3.75. The average molecular weight is 548 g/mol. The first kappa shape index (κ1) is 28.3. The van der Waals surface area contributed by atoms with Crippen molar-refractivity contribution in [3.05, 3.63) is 70.9 Å². The number of piperidine rings is 1. The predicted octanol–water partition coefficient (Wildman–Crippen LogP) is 5.23. The Kier molecular flexibility index (Phi) is 8.67. The third-order valence-electron chi connectivity index (χ3n) is 7.18. The smallest absolute Gasteiger partial charge is 0.249 e. The van der Waals surface area contributed by atoms with E-state index in [1.54, 1.807) is 17.6 Å². The Morgan fingerprint density at radius 1 is 1.15 bits per heavy atom. The number of aromatic nitrogens is 1. The second kappa shape index (κ2) is 12.0. The first-order valence-electron chi connectivity index (χ1n) is 12.2. The summed E-state index contributed by atoms with van der Waals surface area (Å²) in [5.74, 6) is 0.712. The number of hydrogen-bond donors (Lipinski definition) is 2. The van der Waals surface area contributed by atoms with Crippen LogP contribution in [0.2, 0.25) is 0 Å². The van der Waals surface area contributed by atoms with Gasteiger partial charge in [-0.15, -0.1) is 0 Å². The van der Waals surface area contributed by atoms with Crippen LogP contribution in [0.4, 0.5) is 22.0 Å². The summed E-state index contributed by atoms with van der Waals surface area (Å²) in [5, 5.41) is 9.64. The Morgan fingerprint density at radius 3 is 2.49 bits per heavy atom. The fourth-order valence-corrected chi connectivity index (χ4v) is 4.91. The Balaban J connectivity index is 1.45. The highest BCUT2D eigenvalue weighted by molar-refractivity contribution is 5.84. The third-order valence-corrected chi connectivity index (χ3v) is 7.18. The number of benzene rings is 2. The van der Waals surface area contributed by atoms with Crippen LogP contribution in [-0.2, 0) is 4.79 Å². The minimum atomic E-state index is -1.75. The van der Waals surface area contributed by atoms with E-state index in [0.29, 0.717) is 36.5 Å². The molecule has 1 saturated heterocycles. The predicted molar refractivity (Wildman–Crippen MR) is 133 cm³/mol. The fourth-order valence-electron chi connectivity index (χ4n) is 4.91. The monoisotopic (exact) mass is 547 g/mol. The lowest BCUT2D eigenvalue weighted by molar-refractivity contribution is -0.143. The summed E-state index contributed by atoms with van der Waals surface area (Å²) in [6, 6.07) is 5.83. The van der Waals surface area contributed by atoms with E-state index in [4.69, 9.17) is 4.74 Å². The molecule has 2 N–H and O–H groups in total. The number of nitrogens with one attached hydrogen (secondary N) is 1. The molecule has 0 radical (unpaired) electrons. The van der Waals surface area contributed by atoms with Gasteiger partial charge in [-0.2, -0.15) is 0 Å². The van der Waals surface area contributed by atoms with Crippen LogP contribution in [-0.4, -0.2) is 47.7 Å². The molecule has 3 aromatic rings. The largest absolute Gasteiger partial charge is 0.497 e. The summed E-state index contributed by atoms with van der Waals surface area (Å²) in [6.07, 6.45) is -0.490. The second-order valence-corrected chi connectivity index (χ2v) is 9.45. The number of rotatable bonds is 7. The molecule has 4 rings (SSSR count). The zero-order valence-electron chi connectivity index (χ0n) is 21.0. The number of hydroxylamine groups is 1. The van der Waals surface area contributed by atoms with Gasteiger partial charge < -0.3 is 4.74 Å². The topological polar surface area (TPSA) is 74.7 Å². The zero-order valence-corrected chi connectivity index (χ0v) is 21.0. The molecule has 1 aromatic heterocycles. The van der Waals surface area contributed by atoms with Crippen molar-refractivity contribution in [2.75, 3.05) is 26.7 Å². The number of halogens is 5. The normalized spacial score (nSPS) is 15.9. The number of ether oxygens (including phenoxy) is 1. The van der Waals surface area contributed by atoms with Gasteiger partial charge in [0.15, 0.2) is 0 Å². The van der Waals surface area contributed by atoms with Crippen molar-refractivity contribution < 1.29 is 36.7 Å². The molecule has 0 spiro atoms. The van der Waals surface area contributed by atoms with Crippen molar-refractivity contribution in [3.63, 3.8) is 0 Å². The highest BCUT2D eigenvalue weighted by atomic mass is 19.2. The highest BCUT2D eigenvalue weighted by Crippen LogP contribution is 2.41. The van der Waals surface area contributed by atoms with Crippen LogP contribution in [0.1, 0.15) is 43.0 Å². The molecule has 2 heterocycles. The van der Waals surface area contributed by atoms with Gasteiger partial charge in [0.05, 0.1) is 36.3 Å². The molecule has 11 heteroatoms. The number of carbonyl (C=O) groups excluding carboxylic acids is 1. The van der Waals surface area contributed by atoms with Crippen LogP contribution in [0.3, 0.4) is 0 Å². The van der Waals surface area contributed by atoms with Gasteiger partial charge in [-0.1, -0.05) is 11.8 Å². The molecule has 1 aliphatic rings. The number of pyridine rings is 1. The van der Waals surface area contributed by atoms with Crippen LogP contribution in [0.15, 0.2) is 36.5 Å². The minimum Gasteiger partial charge on any atom is -0.497 e. The van der Waals surface area contributed by atoms with Gasteiger partial charge in [0.2, 0.25) is 5.91 Å². The van der Waals surface area contributed by atoms with Crippen LogP contribution >= 0.6 is 0 Å². The molecular weight excluding hydrogens is 521 g/mol. The summed E-state index contributed by atoms with van der Waals surface area (Å²) in [6.45, 7) is 0.781. The number of alkyl halides is 1. The summed E-state index contributed by atoms with van der Waals surface area (Å²) in [7, 11) is 1.44. The lowest BCUT2D eigenvalue weighted by Gasteiger charge is -2.39. The summed E-state index contributed by atoms with van der Waals surface area (Å²) >= 11 is 0. The van der Waals surface area contributed by atoms with Crippen molar-refractivity contribution in [1.82, 2.24) is 15.4 Å². The molecule has 0 aliphatic carbocycles. The molecule has 1 amide bonds. The average Bonchev–Trinajstić information content (AvgIpc) is 2.93. The number of hydrogen-bond acceptors (Lipinski definition) is 5. The van der Waals surface area contributed by atoms with Gasteiger partial charge in [0.1, 0.15) is 35.2 Å². The van der Waals surface area contributed by atoms with Crippen molar-refractivity contribution >= 4 is 16.8 Å². The maximum absolute atomic E-state index is 15.5. The number of fused-ring (bicyclic) bond motifs is 1. The molecule has 2 aromatic carbocycles. The van der Waals surface area contributed by atoms with E-state index >= 15 is 4.39 Å². The van der Waals surface area contributed by atoms with E-state index in [9.17, 15) is 27.6 Å². The number of amides is 1. The molecule has 1 atom stereocenters. The first-order valence-corrected chi connectivity index (χ1v) is 12.2. The van der Waals surface area contributed by atoms with Crippen LogP contribution < -0.4 is 10.2 Å². The molecular formula is C28H26F5N3O3.